The summed E-state index contributed by atoms with van der Waals surface area (Å²) in [5.41, 5.74) is -0.719. The van der Waals surface area contributed by atoms with E-state index in [2.05, 4.69) is 15.5 Å². The Hall–Kier alpha value is -1.08. The summed E-state index contributed by atoms with van der Waals surface area (Å²) in [5, 5.41) is 11.4. The third-order valence-corrected chi connectivity index (χ3v) is 3.86. The van der Waals surface area contributed by atoms with E-state index in [-0.39, 0.29) is 5.97 Å². The average molecular weight is 271 g/mol. The molecule has 6 nitrogen and oxygen atoms in total. The third-order valence-electron chi connectivity index (χ3n) is 2.73. The van der Waals surface area contributed by atoms with Crippen LogP contribution in [0.25, 0.3) is 0 Å². The molecule has 7 heteroatoms. The van der Waals surface area contributed by atoms with Crippen molar-refractivity contribution in [2.45, 2.75) is 43.5 Å². The smallest absolute Gasteiger partial charge is 0.326 e. The molecule has 1 aromatic rings. The fourth-order valence-corrected chi connectivity index (χ4v) is 2.50. The molecule has 18 heavy (non-hydrogen) atoms. The molecule has 0 saturated heterocycles. The first kappa shape index (κ1) is 13.4. The van der Waals surface area contributed by atoms with Gasteiger partial charge in [0.25, 0.3) is 5.22 Å². The van der Waals surface area contributed by atoms with E-state index in [0.29, 0.717) is 22.9 Å². The highest BCUT2D eigenvalue weighted by molar-refractivity contribution is 7.99. The number of carbonyl (C=O) groups is 1. The van der Waals surface area contributed by atoms with Crippen LogP contribution in [0.5, 0.6) is 0 Å². The normalized spacial score (nSPS) is 18.4. The van der Waals surface area contributed by atoms with Crippen LogP contribution in [-0.4, -0.2) is 40.6 Å². The van der Waals surface area contributed by atoms with E-state index in [4.69, 9.17) is 9.15 Å². The van der Waals surface area contributed by atoms with Gasteiger partial charge in [0.1, 0.15) is 5.54 Å². The fraction of sp³-hybridized carbons (Fsp3) is 0.727. The number of hydrogen-bond donors (Lipinski definition) is 1. The standard InChI is InChI=1S/C11H17N3O3S/c1-7-13-14-10(17-7)18-6-11(2,9(15)16-3)12-8-4-5-8/h8,12H,4-6H2,1-3H3. The highest BCUT2D eigenvalue weighted by atomic mass is 32.2. The molecule has 0 aromatic carbocycles. The Morgan fingerprint density at radius 2 is 2.33 bits per heavy atom. The second-order valence-corrected chi connectivity index (χ2v) is 5.54. The lowest BCUT2D eigenvalue weighted by atomic mass is 10.1. The number of rotatable bonds is 6. The Kier molecular flexibility index (Phi) is 3.91. The fourth-order valence-electron chi connectivity index (χ4n) is 1.61. The lowest BCUT2D eigenvalue weighted by Gasteiger charge is -2.27. The van der Waals surface area contributed by atoms with Gasteiger partial charge in [0.2, 0.25) is 5.89 Å². The number of esters is 1. The largest absolute Gasteiger partial charge is 0.468 e. The van der Waals surface area contributed by atoms with Crippen LogP contribution in [0.1, 0.15) is 25.7 Å². The van der Waals surface area contributed by atoms with Crippen LogP contribution < -0.4 is 5.32 Å². The predicted molar refractivity (Wildman–Crippen MR) is 66.3 cm³/mol. The van der Waals surface area contributed by atoms with Crippen LogP contribution in [0.2, 0.25) is 0 Å². The SMILES string of the molecule is COC(=O)C(C)(CSc1nnc(C)o1)NC1CC1. The van der Waals surface area contributed by atoms with Gasteiger partial charge in [-0.2, -0.15) is 0 Å². The number of ether oxygens (including phenoxy) is 1. The molecule has 0 radical (unpaired) electrons. The number of aryl methyl sites for hydroxylation is 1. The summed E-state index contributed by atoms with van der Waals surface area (Å²) in [5.74, 6) is 0.753. The molecule has 1 aliphatic rings. The molecule has 2 rings (SSSR count). The molecular weight excluding hydrogens is 254 g/mol. The summed E-state index contributed by atoms with van der Waals surface area (Å²) in [7, 11) is 1.40. The minimum atomic E-state index is -0.719. The molecule has 1 aliphatic carbocycles. The van der Waals surface area contributed by atoms with Crippen molar-refractivity contribution >= 4 is 17.7 Å². The third kappa shape index (κ3) is 3.23. The van der Waals surface area contributed by atoms with Crippen molar-refractivity contribution in [1.82, 2.24) is 15.5 Å². The highest BCUT2D eigenvalue weighted by Crippen LogP contribution is 2.27. The summed E-state index contributed by atoms with van der Waals surface area (Å²) < 4.78 is 10.1. The van der Waals surface area contributed by atoms with Crippen LogP contribution in [-0.2, 0) is 9.53 Å². The van der Waals surface area contributed by atoms with Crippen molar-refractivity contribution in [3.05, 3.63) is 5.89 Å². The van der Waals surface area contributed by atoms with Crippen LogP contribution in [0, 0.1) is 6.92 Å². The maximum Gasteiger partial charge on any atom is 0.326 e. The zero-order chi connectivity index (χ0) is 13.2. The zero-order valence-electron chi connectivity index (χ0n) is 10.7. The second-order valence-electron chi connectivity index (χ2n) is 4.62. The minimum Gasteiger partial charge on any atom is -0.468 e. The Morgan fingerprint density at radius 3 is 2.83 bits per heavy atom. The summed E-state index contributed by atoms with van der Waals surface area (Å²) in [6.07, 6.45) is 2.22. The van der Waals surface area contributed by atoms with E-state index in [1.54, 1.807) is 6.92 Å². The molecule has 1 atom stereocenters. The van der Waals surface area contributed by atoms with E-state index in [1.165, 1.54) is 18.9 Å². The van der Waals surface area contributed by atoms with Crippen LogP contribution in [0.15, 0.2) is 9.64 Å². The lowest BCUT2D eigenvalue weighted by molar-refractivity contribution is -0.147. The topological polar surface area (TPSA) is 77.2 Å². The van der Waals surface area contributed by atoms with Crippen molar-refractivity contribution in [3.8, 4) is 0 Å². The number of aromatic nitrogens is 2. The Morgan fingerprint density at radius 1 is 1.61 bits per heavy atom. The van der Waals surface area contributed by atoms with Gasteiger partial charge in [-0.3, -0.25) is 10.1 Å². The van der Waals surface area contributed by atoms with Crippen molar-refractivity contribution in [2.75, 3.05) is 12.9 Å². The molecule has 1 N–H and O–H groups in total. The van der Waals surface area contributed by atoms with E-state index in [0.717, 1.165) is 12.8 Å². The predicted octanol–water partition coefficient (Wildman–Crippen LogP) is 1.15. The number of nitrogens with zero attached hydrogens (tertiary/aromatic N) is 2. The van der Waals surface area contributed by atoms with Gasteiger partial charge in [-0.15, -0.1) is 10.2 Å². The molecule has 0 amide bonds. The number of carbonyl (C=O) groups excluding carboxylic acids is 1. The summed E-state index contributed by atoms with van der Waals surface area (Å²) in [6, 6.07) is 0.416. The Bertz CT molecular complexity index is 433. The van der Waals surface area contributed by atoms with Gasteiger partial charge >= 0.3 is 5.97 Å². The summed E-state index contributed by atoms with van der Waals surface area (Å²) >= 11 is 1.36. The summed E-state index contributed by atoms with van der Waals surface area (Å²) in [4.78, 5) is 11.9. The Labute approximate surface area is 110 Å². The van der Waals surface area contributed by atoms with Gasteiger partial charge in [-0.25, -0.2) is 0 Å². The van der Waals surface area contributed by atoms with Crippen molar-refractivity contribution in [1.29, 1.82) is 0 Å². The van der Waals surface area contributed by atoms with Crippen molar-refractivity contribution < 1.29 is 13.9 Å². The first-order valence-corrected chi connectivity index (χ1v) is 6.81. The van der Waals surface area contributed by atoms with Gasteiger partial charge < -0.3 is 9.15 Å². The molecular formula is C11H17N3O3S. The highest BCUT2D eigenvalue weighted by Gasteiger charge is 2.39. The van der Waals surface area contributed by atoms with Crippen molar-refractivity contribution in [3.63, 3.8) is 0 Å². The van der Waals surface area contributed by atoms with Gasteiger partial charge in [-0.05, 0) is 19.8 Å². The van der Waals surface area contributed by atoms with Crippen molar-refractivity contribution in [2.24, 2.45) is 0 Å². The second kappa shape index (κ2) is 5.27. The molecule has 0 spiro atoms. The molecule has 0 aliphatic heterocycles. The van der Waals surface area contributed by atoms with Crippen LogP contribution in [0.4, 0.5) is 0 Å². The molecule has 0 bridgehead atoms. The van der Waals surface area contributed by atoms with E-state index >= 15 is 0 Å². The quantitative estimate of drug-likeness (QED) is 0.614. The molecule has 100 valence electrons. The summed E-state index contributed by atoms with van der Waals surface area (Å²) in [6.45, 7) is 3.58. The van der Waals surface area contributed by atoms with Crippen LogP contribution >= 0.6 is 11.8 Å². The average Bonchev–Trinajstić information content (AvgIpc) is 3.06. The molecule has 1 unspecified atom stereocenters. The molecule has 1 saturated carbocycles. The number of hydrogen-bond acceptors (Lipinski definition) is 7. The van der Waals surface area contributed by atoms with Gasteiger partial charge in [0, 0.05) is 18.7 Å². The zero-order valence-corrected chi connectivity index (χ0v) is 11.5. The number of thioether (sulfide) groups is 1. The van der Waals surface area contributed by atoms with Gasteiger partial charge in [0.15, 0.2) is 0 Å². The first-order valence-electron chi connectivity index (χ1n) is 5.82. The molecule has 1 heterocycles. The Balaban J connectivity index is 1.97. The monoisotopic (exact) mass is 271 g/mol. The van der Waals surface area contributed by atoms with Crippen LogP contribution in [0.3, 0.4) is 0 Å². The number of nitrogens with one attached hydrogen (secondary N) is 1. The first-order chi connectivity index (χ1) is 8.53. The maximum atomic E-state index is 11.9. The van der Waals surface area contributed by atoms with E-state index in [1.807, 2.05) is 6.92 Å². The minimum absolute atomic E-state index is 0.266. The van der Waals surface area contributed by atoms with Gasteiger partial charge in [-0.1, -0.05) is 11.8 Å². The maximum absolute atomic E-state index is 11.9. The van der Waals surface area contributed by atoms with E-state index < -0.39 is 5.54 Å². The molecule has 1 aromatic heterocycles. The lowest BCUT2D eigenvalue weighted by Crippen LogP contribution is -2.53. The molecule has 1 fully saturated rings. The number of methoxy groups -OCH3 is 1. The van der Waals surface area contributed by atoms with Gasteiger partial charge in [0.05, 0.1) is 7.11 Å². The van der Waals surface area contributed by atoms with E-state index in [9.17, 15) is 4.79 Å².